The van der Waals surface area contributed by atoms with E-state index in [1.165, 1.54) is 24.3 Å². The number of hydrogen-bond acceptors (Lipinski definition) is 5. The van der Waals surface area contributed by atoms with Gasteiger partial charge in [-0.3, -0.25) is 4.79 Å². The van der Waals surface area contributed by atoms with E-state index in [1.807, 2.05) is 30.3 Å². The first-order valence-electron chi connectivity index (χ1n) is 8.61. The summed E-state index contributed by atoms with van der Waals surface area (Å²) in [7, 11) is 0. The van der Waals surface area contributed by atoms with Gasteiger partial charge in [-0.1, -0.05) is 30.3 Å². The zero-order valence-electron chi connectivity index (χ0n) is 15.1. The number of esters is 1. The number of carbonyl (C=O) groups excluding carboxylic acids is 2. The average molecular weight is 401 g/mol. The number of carbonyl (C=O) groups is 2. The summed E-state index contributed by atoms with van der Waals surface area (Å²) in [6.45, 7) is -3.77. The molecule has 8 heteroatoms. The Morgan fingerprint density at radius 2 is 1.55 bits per heavy atom. The molecular formula is C21H17F2NO5. The van der Waals surface area contributed by atoms with Crippen LogP contribution in [0.3, 0.4) is 0 Å². The maximum Gasteiger partial charge on any atom is 0.387 e. The number of fused-ring (bicyclic) bond motifs is 1. The fraction of sp³-hybridized carbons (Fsp3) is 0.143. The summed E-state index contributed by atoms with van der Waals surface area (Å²) in [5.74, 6) is -0.799. The monoisotopic (exact) mass is 401 g/mol. The molecule has 1 amide bonds. The van der Waals surface area contributed by atoms with Crippen LogP contribution in [0.25, 0.3) is 10.8 Å². The Bertz CT molecular complexity index is 992. The maximum atomic E-state index is 12.1. The molecule has 0 saturated heterocycles. The summed E-state index contributed by atoms with van der Waals surface area (Å²) in [6.07, 6.45) is 0. The van der Waals surface area contributed by atoms with Gasteiger partial charge in [0.2, 0.25) is 0 Å². The molecule has 0 aliphatic heterocycles. The van der Waals surface area contributed by atoms with Crippen LogP contribution < -0.4 is 14.8 Å². The first-order chi connectivity index (χ1) is 14.0. The number of hydrogen-bond donors (Lipinski definition) is 1. The minimum atomic E-state index is -2.92. The van der Waals surface area contributed by atoms with Crippen LogP contribution in [0.15, 0.2) is 66.7 Å². The fourth-order valence-corrected chi connectivity index (χ4v) is 2.50. The van der Waals surface area contributed by atoms with Crippen LogP contribution in [-0.2, 0) is 14.3 Å². The third kappa shape index (κ3) is 6.17. The van der Waals surface area contributed by atoms with E-state index in [2.05, 4.69) is 10.1 Å². The topological polar surface area (TPSA) is 73.9 Å². The molecule has 150 valence electrons. The van der Waals surface area contributed by atoms with E-state index < -0.39 is 25.1 Å². The minimum absolute atomic E-state index is 0.0322. The Labute approximate surface area is 165 Å². The van der Waals surface area contributed by atoms with E-state index in [0.29, 0.717) is 11.4 Å². The zero-order chi connectivity index (χ0) is 20.6. The molecule has 0 fully saturated rings. The van der Waals surface area contributed by atoms with Gasteiger partial charge in [-0.15, -0.1) is 0 Å². The van der Waals surface area contributed by atoms with Crippen LogP contribution >= 0.6 is 0 Å². The highest BCUT2D eigenvalue weighted by Gasteiger charge is 2.10. The summed E-state index contributed by atoms with van der Waals surface area (Å²) in [5.41, 5.74) is 0.347. The lowest BCUT2D eigenvalue weighted by Gasteiger charge is -2.09. The molecule has 0 saturated carbocycles. The van der Waals surface area contributed by atoms with Crippen molar-refractivity contribution in [2.45, 2.75) is 6.61 Å². The highest BCUT2D eigenvalue weighted by Crippen LogP contribution is 2.20. The second-order valence-electron chi connectivity index (χ2n) is 5.91. The molecule has 3 rings (SSSR count). The second kappa shape index (κ2) is 9.50. The summed E-state index contributed by atoms with van der Waals surface area (Å²) in [6, 6.07) is 18.5. The predicted molar refractivity (Wildman–Crippen MR) is 102 cm³/mol. The van der Waals surface area contributed by atoms with E-state index in [9.17, 15) is 18.4 Å². The van der Waals surface area contributed by atoms with Crippen molar-refractivity contribution in [2.24, 2.45) is 0 Å². The molecule has 6 nitrogen and oxygen atoms in total. The first-order valence-corrected chi connectivity index (χ1v) is 8.61. The number of amides is 1. The van der Waals surface area contributed by atoms with Gasteiger partial charge in [0.25, 0.3) is 5.91 Å². The van der Waals surface area contributed by atoms with E-state index in [-0.39, 0.29) is 12.4 Å². The fourth-order valence-electron chi connectivity index (χ4n) is 2.50. The molecule has 29 heavy (non-hydrogen) atoms. The standard InChI is InChI=1S/C21H17F2NO5/c22-21(23)29-17-9-6-16(7-10-17)24-19(25)12-28-20(26)13-27-18-8-5-14-3-1-2-4-15(14)11-18/h1-11,21H,12-13H2,(H,24,25). The van der Waals surface area contributed by atoms with Crippen LogP contribution in [0.4, 0.5) is 14.5 Å². The maximum absolute atomic E-state index is 12.1. The van der Waals surface area contributed by atoms with Crippen molar-refractivity contribution in [2.75, 3.05) is 18.5 Å². The van der Waals surface area contributed by atoms with Gasteiger partial charge < -0.3 is 19.5 Å². The SMILES string of the molecule is O=C(COC(=O)COc1ccc2ccccc2c1)Nc1ccc(OC(F)F)cc1. The van der Waals surface area contributed by atoms with Gasteiger partial charge in [-0.2, -0.15) is 8.78 Å². The van der Waals surface area contributed by atoms with Gasteiger partial charge in [-0.25, -0.2) is 4.79 Å². The number of anilines is 1. The minimum Gasteiger partial charge on any atom is -0.482 e. The number of halogens is 2. The van der Waals surface area contributed by atoms with E-state index >= 15 is 0 Å². The van der Waals surface area contributed by atoms with Crippen LogP contribution in [0, 0.1) is 0 Å². The van der Waals surface area contributed by atoms with Gasteiger partial charge in [0.1, 0.15) is 11.5 Å². The molecule has 3 aromatic rings. The Morgan fingerprint density at radius 1 is 0.862 bits per heavy atom. The number of rotatable bonds is 8. The third-order valence-electron chi connectivity index (χ3n) is 3.81. The third-order valence-corrected chi connectivity index (χ3v) is 3.81. The first kappa shape index (κ1) is 20.1. The lowest BCUT2D eigenvalue weighted by molar-refractivity contribution is -0.149. The molecule has 0 atom stereocenters. The van der Waals surface area contributed by atoms with E-state index in [1.54, 1.807) is 12.1 Å². The Morgan fingerprint density at radius 3 is 2.28 bits per heavy atom. The predicted octanol–water partition coefficient (Wildman–Crippen LogP) is 4.00. The second-order valence-corrected chi connectivity index (χ2v) is 5.91. The molecule has 0 aliphatic carbocycles. The molecule has 0 spiro atoms. The highest BCUT2D eigenvalue weighted by molar-refractivity contribution is 5.92. The molecule has 0 bridgehead atoms. The Balaban J connectivity index is 1.41. The highest BCUT2D eigenvalue weighted by atomic mass is 19.3. The number of alkyl halides is 2. The molecule has 3 aromatic carbocycles. The van der Waals surface area contributed by atoms with Gasteiger partial charge in [0.05, 0.1) is 0 Å². The quantitative estimate of drug-likeness (QED) is 0.578. The number of nitrogens with one attached hydrogen (secondary N) is 1. The molecule has 0 radical (unpaired) electrons. The Hall–Kier alpha value is -3.68. The van der Waals surface area contributed by atoms with Crippen LogP contribution in [0.1, 0.15) is 0 Å². The lowest BCUT2D eigenvalue weighted by Crippen LogP contribution is -2.23. The van der Waals surface area contributed by atoms with Gasteiger partial charge in [0, 0.05) is 5.69 Å². The van der Waals surface area contributed by atoms with E-state index in [0.717, 1.165) is 10.8 Å². The van der Waals surface area contributed by atoms with Crippen LogP contribution in [-0.4, -0.2) is 31.7 Å². The van der Waals surface area contributed by atoms with Crippen molar-refractivity contribution in [3.63, 3.8) is 0 Å². The smallest absolute Gasteiger partial charge is 0.387 e. The largest absolute Gasteiger partial charge is 0.482 e. The van der Waals surface area contributed by atoms with Crippen molar-refractivity contribution >= 4 is 28.3 Å². The van der Waals surface area contributed by atoms with Crippen molar-refractivity contribution in [1.82, 2.24) is 0 Å². The number of benzene rings is 3. The normalized spacial score (nSPS) is 10.6. The van der Waals surface area contributed by atoms with Crippen molar-refractivity contribution in [3.05, 3.63) is 66.7 Å². The van der Waals surface area contributed by atoms with E-state index in [4.69, 9.17) is 9.47 Å². The molecule has 0 aliphatic rings. The molecule has 0 unspecified atom stereocenters. The molecule has 0 aromatic heterocycles. The van der Waals surface area contributed by atoms with Crippen LogP contribution in [0.2, 0.25) is 0 Å². The molecule has 0 heterocycles. The molecule has 1 N–H and O–H groups in total. The van der Waals surface area contributed by atoms with Crippen molar-refractivity contribution in [3.8, 4) is 11.5 Å². The Kier molecular flexibility index (Phi) is 6.57. The van der Waals surface area contributed by atoms with Gasteiger partial charge in [0.15, 0.2) is 13.2 Å². The number of ether oxygens (including phenoxy) is 3. The average Bonchev–Trinajstić information content (AvgIpc) is 2.71. The summed E-state index contributed by atoms with van der Waals surface area (Å²) in [5, 5.41) is 4.50. The van der Waals surface area contributed by atoms with Crippen LogP contribution in [0.5, 0.6) is 11.5 Å². The van der Waals surface area contributed by atoms with Gasteiger partial charge >= 0.3 is 12.6 Å². The van der Waals surface area contributed by atoms with Crippen molar-refractivity contribution < 1.29 is 32.6 Å². The van der Waals surface area contributed by atoms with Crippen molar-refractivity contribution in [1.29, 1.82) is 0 Å². The van der Waals surface area contributed by atoms with Gasteiger partial charge in [-0.05, 0) is 47.2 Å². The molecular weight excluding hydrogens is 384 g/mol. The lowest BCUT2D eigenvalue weighted by atomic mass is 10.1. The summed E-state index contributed by atoms with van der Waals surface area (Å²) in [4.78, 5) is 23.6. The summed E-state index contributed by atoms with van der Waals surface area (Å²) >= 11 is 0. The summed E-state index contributed by atoms with van der Waals surface area (Å²) < 4.78 is 38.7. The zero-order valence-corrected chi connectivity index (χ0v) is 15.1.